The van der Waals surface area contributed by atoms with Crippen molar-refractivity contribution in [1.29, 1.82) is 0 Å². The topological polar surface area (TPSA) is 18.5 Å². The van der Waals surface area contributed by atoms with Gasteiger partial charge in [-0.2, -0.15) is 0 Å². The van der Waals surface area contributed by atoms with E-state index in [2.05, 4.69) is 26.8 Å². The van der Waals surface area contributed by atoms with Gasteiger partial charge in [0.15, 0.2) is 0 Å². The maximum atomic E-state index is 5.40. The van der Waals surface area contributed by atoms with Gasteiger partial charge in [-0.15, -0.1) is 0 Å². The van der Waals surface area contributed by atoms with Crippen LogP contribution in [0.2, 0.25) is 0 Å². The first-order chi connectivity index (χ1) is 6.16. The van der Waals surface area contributed by atoms with E-state index in [9.17, 15) is 0 Å². The third-order valence-corrected chi connectivity index (χ3v) is 2.41. The molecule has 0 unspecified atom stereocenters. The summed E-state index contributed by atoms with van der Waals surface area (Å²) >= 11 is 0. The summed E-state index contributed by atoms with van der Waals surface area (Å²) in [7, 11) is 0.493. The second-order valence-electron chi connectivity index (χ2n) is 3.39. The third-order valence-electron chi connectivity index (χ3n) is 1.45. The van der Waals surface area contributed by atoms with Crippen molar-refractivity contribution < 1.29 is 9.16 Å². The van der Waals surface area contributed by atoms with Gasteiger partial charge < -0.3 is 9.16 Å². The van der Waals surface area contributed by atoms with Crippen molar-refractivity contribution in [2.75, 3.05) is 19.8 Å². The molecule has 0 aliphatic heterocycles. The van der Waals surface area contributed by atoms with Crippen LogP contribution in [0.3, 0.4) is 0 Å². The Morgan fingerprint density at radius 3 is 2.62 bits per heavy atom. The summed E-state index contributed by atoms with van der Waals surface area (Å²) in [6, 6.07) is 0. The lowest BCUT2D eigenvalue weighted by Gasteiger charge is -2.06. The van der Waals surface area contributed by atoms with Gasteiger partial charge in [0, 0.05) is 6.61 Å². The predicted molar refractivity (Wildman–Crippen MR) is 56.8 cm³/mol. The van der Waals surface area contributed by atoms with Crippen LogP contribution in [-0.4, -0.2) is 29.6 Å². The van der Waals surface area contributed by atoms with Gasteiger partial charge in [0.1, 0.15) is 0 Å². The number of ether oxygens (including phenoxy) is 1. The van der Waals surface area contributed by atoms with Crippen LogP contribution in [0.25, 0.3) is 0 Å². The molecule has 0 N–H and O–H groups in total. The summed E-state index contributed by atoms with van der Waals surface area (Å²) in [5.41, 5.74) is 0. The Kier molecular flexibility index (Phi) is 8.39. The zero-order valence-corrected chi connectivity index (χ0v) is 10.1. The van der Waals surface area contributed by atoms with Crippen molar-refractivity contribution in [3.8, 4) is 0 Å². The van der Waals surface area contributed by atoms with Crippen molar-refractivity contribution >= 4 is 9.76 Å². The van der Waals surface area contributed by atoms with E-state index in [1.165, 1.54) is 5.20 Å². The minimum absolute atomic E-state index is 0.493. The van der Waals surface area contributed by atoms with E-state index < -0.39 is 0 Å². The maximum absolute atomic E-state index is 5.40. The van der Waals surface area contributed by atoms with Crippen LogP contribution in [0, 0.1) is 5.92 Å². The fraction of sp³-hybridized carbons (Fsp3) is 0.800. The summed E-state index contributed by atoms with van der Waals surface area (Å²) in [5.74, 6) is 0.611. The molecule has 0 atom stereocenters. The lowest BCUT2D eigenvalue weighted by molar-refractivity contribution is 0.0833. The van der Waals surface area contributed by atoms with Gasteiger partial charge in [-0.05, 0) is 19.8 Å². The van der Waals surface area contributed by atoms with E-state index in [1.54, 1.807) is 0 Å². The maximum Gasteiger partial charge on any atom is 0.263 e. The van der Waals surface area contributed by atoms with Gasteiger partial charge >= 0.3 is 0 Å². The first-order valence-electron chi connectivity index (χ1n) is 4.75. The predicted octanol–water partition coefficient (Wildman–Crippen LogP) is 2.22. The van der Waals surface area contributed by atoms with Gasteiger partial charge in [0.05, 0.1) is 13.2 Å². The molecule has 2 radical (unpaired) electrons. The molecule has 0 spiro atoms. The summed E-state index contributed by atoms with van der Waals surface area (Å²) in [4.78, 5) is 0. The molecule has 13 heavy (non-hydrogen) atoms. The van der Waals surface area contributed by atoms with Crippen LogP contribution in [0.4, 0.5) is 0 Å². The minimum Gasteiger partial charge on any atom is -0.409 e. The van der Waals surface area contributed by atoms with Crippen molar-refractivity contribution in [1.82, 2.24) is 0 Å². The average molecular weight is 200 g/mol. The molecule has 0 rings (SSSR count). The van der Waals surface area contributed by atoms with Crippen LogP contribution < -0.4 is 0 Å². The number of hydrogen-bond acceptors (Lipinski definition) is 2. The molecular weight excluding hydrogens is 180 g/mol. The highest BCUT2D eigenvalue weighted by molar-refractivity contribution is 6.37. The van der Waals surface area contributed by atoms with Crippen LogP contribution in [-0.2, 0) is 9.16 Å². The molecule has 0 aromatic carbocycles. The zero-order valence-electron chi connectivity index (χ0n) is 9.09. The first-order valence-corrected chi connectivity index (χ1v) is 5.66. The largest absolute Gasteiger partial charge is 0.409 e. The second kappa shape index (κ2) is 8.47. The van der Waals surface area contributed by atoms with E-state index >= 15 is 0 Å². The Bertz CT molecular complexity index is 144. The Morgan fingerprint density at radius 1 is 1.38 bits per heavy atom. The summed E-state index contributed by atoms with van der Waals surface area (Å²) in [5, 5.41) is 1.30. The van der Waals surface area contributed by atoms with Crippen LogP contribution in [0.15, 0.2) is 11.3 Å². The normalized spacial score (nSPS) is 12.5. The van der Waals surface area contributed by atoms with Crippen molar-refractivity contribution in [3.05, 3.63) is 11.3 Å². The van der Waals surface area contributed by atoms with E-state index in [0.29, 0.717) is 28.9 Å². The van der Waals surface area contributed by atoms with Crippen LogP contribution in [0.1, 0.15) is 27.7 Å². The van der Waals surface area contributed by atoms with Crippen molar-refractivity contribution in [3.63, 3.8) is 0 Å². The highest BCUT2D eigenvalue weighted by Crippen LogP contribution is 1.93. The van der Waals surface area contributed by atoms with E-state index in [0.717, 1.165) is 6.61 Å². The van der Waals surface area contributed by atoms with E-state index in [4.69, 9.17) is 9.16 Å². The zero-order chi connectivity index (χ0) is 10.1. The highest BCUT2D eigenvalue weighted by atomic mass is 28.2. The van der Waals surface area contributed by atoms with Gasteiger partial charge in [0.25, 0.3) is 9.76 Å². The first kappa shape index (κ1) is 12.9. The summed E-state index contributed by atoms with van der Waals surface area (Å²) in [6.07, 6.45) is 2.08. The lowest BCUT2D eigenvalue weighted by Crippen LogP contribution is -2.10. The SMILES string of the molecule is C/C=C(\C)[Si]OCCOCC(C)C. The molecule has 0 aromatic heterocycles. The molecule has 0 saturated heterocycles. The third kappa shape index (κ3) is 9.79. The molecular formula is C10H20O2Si. The molecule has 0 fully saturated rings. The fourth-order valence-electron chi connectivity index (χ4n) is 0.643. The van der Waals surface area contributed by atoms with E-state index in [-0.39, 0.29) is 0 Å². The fourth-order valence-corrected chi connectivity index (χ4v) is 1.17. The van der Waals surface area contributed by atoms with E-state index in [1.807, 2.05) is 6.92 Å². The number of hydrogen-bond donors (Lipinski definition) is 0. The molecule has 0 aliphatic carbocycles. The summed E-state index contributed by atoms with van der Waals surface area (Å²) in [6.45, 7) is 10.6. The molecule has 0 heterocycles. The molecule has 0 bridgehead atoms. The standard InChI is InChI=1S/C10H20O2Si/c1-5-10(4)13-12-7-6-11-8-9(2)3/h5,9H,6-8H2,1-4H3/b10-5+. The van der Waals surface area contributed by atoms with Gasteiger partial charge in [0.2, 0.25) is 0 Å². The Balaban J connectivity index is 3.09. The Labute approximate surface area is 84.3 Å². The van der Waals surface area contributed by atoms with Crippen LogP contribution >= 0.6 is 0 Å². The van der Waals surface area contributed by atoms with Crippen LogP contribution in [0.5, 0.6) is 0 Å². The van der Waals surface area contributed by atoms with Crippen molar-refractivity contribution in [2.45, 2.75) is 27.7 Å². The van der Waals surface area contributed by atoms with Gasteiger partial charge in [-0.3, -0.25) is 0 Å². The quantitative estimate of drug-likeness (QED) is 0.463. The number of rotatable bonds is 7. The summed E-state index contributed by atoms with van der Waals surface area (Å²) < 4.78 is 10.8. The average Bonchev–Trinajstić information content (AvgIpc) is 2.10. The molecule has 76 valence electrons. The molecule has 3 heteroatoms. The molecule has 0 aliphatic rings. The molecule has 0 amide bonds. The molecule has 0 saturated carbocycles. The minimum atomic E-state index is 0.493. The Hall–Kier alpha value is -0.123. The lowest BCUT2D eigenvalue weighted by atomic mass is 10.2. The van der Waals surface area contributed by atoms with Gasteiger partial charge in [-0.1, -0.05) is 25.1 Å². The smallest absolute Gasteiger partial charge is 0.263 e. The molecule has 2 nitrogen and oxygen atoms in total. The molecule has 0 aromatic rings. The van der Waals surface area contributed by atoms with Crippen molar-refractivity contribution in [2.24, 2.45) is 5.92 Å². The Morgan fingerprint density at radius 2 is 2.08 bits per heavy atom. The monoisotopic (exact) mass is 200 g/mol. The van der Waals surface area contributed by atoms with Gasteiger partial charge in [-0.25, -0.2) is 0 Å². The second-order valence-corrected chi connectivity index (χ2v) is 4.67. The highest BCUT2D eigenvalue weighted by Gasteiger charge is 1.95. The number of allylic oxidation sites excluding steroid dienone is 2.